The van der Waals surface area contributed by atoms with Gasteiger partial charge in [-0.3, -0.25) is 14.8 Å². The molecule has 0 saturated heterocycles. The Bertz CT molecular complexity index is 1480. The minimum Gasteiger partial charge on any atom is -0.773 e. The molecule has 6 N–H and O–H groups in total. The molecule has 192 valence electrons. The van der Waals surface area contributed by atoms with E-state index in [0.717, 1.165) is 39.4 Å². The van der Waals surface area contributed by atoms with Gasteiger partial charge >= 0.3 is 0 Å². The van der Waals surface area contributed by atoms with Crippen LogP contribution in [0.3, 0.4) is 0 Å². The van der Waals surface area contributed by atoms with E-state index in [9.17, 15) is 17.8 Å². The third-order valence-electron chi connectivity index (χ3n) is 4.92. The molecule has 0 aliphatic heterocycles. The van der Waals surface area contributed by atoms with E-state index in [1.54, 1.807) is 19.1 Å². The van der Waals surface area contributed by atoms with Crippen LogP contribution in [0.15, 0.2) is 66.7 Å². The van der Waals surface area contributed by atoms with Crippen molar-refractivity contribution in [3.8, 4) is 0 Å². The Balaban J connectivity index is 0.000000658. The highest BCUT2D eigenvalue weighted by Crippen LogP contribution is 2.30. The summed E-state index contributed by atoms with van der Waals surface area (Å²) in [4.78, 5) is 16.2. The van der Waals surface area contributed by atoms with E-state index in [-0.39, 0.29) is 11.7 Å². The lowest BCUT2D eigenvalue weighted by Gasteiger charge is -2.26. The lowest BCUT2D eigenvalue weighted by molar-refractivity contribution is -0.475. The van der Waals surface area contributed by atoms with Crippen molar-refractivity contribution >= 4 is 71.4 Å². The van der Waals surface area contributed by atoms with E-state index >= 15 is 0 Å². The largest absolute Gasteiger partial charge is 0.773 e. The number of hydrogen-bond donors (Lipinski definition) is 5. The number of nitrogens with two attached hydrogens (primary N) is 1. The number of hydrogen-bond acceptors (Lipinski definition) is 7. The fourth-order valence-electron chi connectivity index (χ4n) is 3.43. The molecule has 0 radical (unpaired) electrons. The molecule has 10 nitrogen and oxygen atoms in total. The Labute approximate surface area is 211 Å². The summed E-state index contributed by atoms with van der Waals surface area (Å²) in [6, 6.07) is 20.8. The molecule has 36 heavy (non-hydrogen) atoms. The van der Waals surface area contributed by atoms with Gasteiger partial charge in [-0.15, -0.1) is 10.9 Å². The van der Waals surface area contributed by atoms with E-state index in [0.29, 0.717) is 11.4 Å². The van der Waals surface area contributed by atoms with Crippen molar-refractivity contribution in [3.63, 3.8) is 0 Å². The molecular weight excluding hydrogens is 504 g/mol. The monoisotopic (exact) mass is 532 g/mol. The zero-order chi connectivity index (χ0) is 26.5. The summed E-state index contributed by atoms with van der Waals surface area (Å²) in [5.41, 5.74) is 4.81. The molecule has 0 saturated carbocycles. The van der Waals surface area contributed by atoms with Crippen LogP contribution in [0.2, 0.25) is 0 Å². The molecule has 0 fully saturated rings. The summed E-state index contributed by atoms with van der Waals surface area (Å²) < 4.78 is 50.6. The number of quaternary nitrogens is 1. The van der Waals surface area contributed by atoms with Gasteiger partial charge in [-0.05, 0) is 55.6 Å². The van der Waals surface area contributed by atoms with Gasteiger partial charge in [0.05, 0.1) is 27.6 Å². The van der Waals surface area contributed by atoms with Crippen LogP contribution in [0.4, 0.5) is 22.7 Å². The number of amides is 1. The molecule has 0 atom stereocenters. The summed E-state index contributed by atoms with van der Waals surface area (Å²) in [5, 5.41) is 6.83. The summed E-state index contributed by atoms with van der Waals surface area (Å²) in [6.45, 7) is 3.07. The molecule has 0 bridgehead atoms. The first-order valence-electron chi connectivity index (χ1n) is 10.8. The van der Waals surface area contributed by atoms with Crippen LogP contribution in [0.1, 0.15) is 13.8 Å². The molecule has 0 aliphatic carbocycles. The molecule has 3 aromatic carbocycles. The highest BCUT2D eigenvalue weighted by molar-refractivity contribution is 8.18. The van der Waals surface area contributed by atoms with Crippen molar-refractivity contribution in [2.75, 3.05) is 22.0 Å². The predicted octanol–water partition coefficient (Wildman–Crippen LogP) is 4.13. The number of anilines is 2. The van der Waals surface area contributed by atoms with Crippen LogP contribution in [-0.4, -0.2) is 45.0 Å². The van der Waals surface area contributed by atoms with Crippen LogP contribution in [0.25, 0.3) is 21.8 Å². The van der Waals surface area contributed by atoms with Gasteiger partial charge in [-0.1, -0.05) is 12.1 Å². The summed E-state index contributed by atoms with van der Waals surface area (Å²) in [5.74, 6) is -0.109. The number of aromatic nitrogens is 1. The van der Waals surface area contributed by atoms with E-state index in [4.69, 9.17) is 14.1 Å². The lowest BCUT2D eigenvalue weighted by Crippen LogP contribution is -2.71. The number of nitrogens with zero attached hydrogens (tertiary/aromatic N) is 1. The number of carbonyl (C=O) groups excluding carboxylic acids is 1. The first-order valence-corrected chi connectivity index (χ1v) is 14.4. The van der Waals surface area contributed by atoms with E-state index in [2.05, 4.69) is 15.4 Å². The summed E-state index contributed by atoms with van der Waals surface area (Å²) >= 11 is 0. The van der Waals surface area contributed by atoms with Crippen molar-refractivity contribution in [1.82, 2.24) is 4.98 Å². The molecule has 0 unspecified atom stereocenters. The maximum atomic E-state index is 11.8. The van der Waals surface area contributed by atoms with Gasteiger partial charge in [0.1, 0.15) is 5.69 Å². The molecule has 1 amide bonds. The number of rotatable bonds is 6. The highest BCUT2D eigenvalue weighted by Gasteiger charge is 2.15. The lowest BCUT2D eigenvalue weighted by atomic mass is 10.1. The highest BCUT2D eigenvalue weighted by atomic mass is 32.3. The zero-order valence-corrected chi connectivity index (χ0v) is 21.6. The number of para-hydroxylation sites is 1. The van der Waals surface area contributed by atoms with Gasteiger partial charge in [0.15, 0.2) is 5.69 Å². The average molecular weight is 533 g/mol. The van der Waals surface area contributed by atoms with Crippen LogP contribution < -0.4 is 15.4 Å². The molecule has 0 spiro atoms. The quantitative estimate of drug-likeness (QED) is 0.184. The van der Waals surface area contributed by atoms with Gasteiger partial charge in [0.2, 0.25) is 15.9 Å². The van der Waals surface area contributed by atoms with Crippen molar-refractivity contribution in [1.29, 1.82) is 0 Å². The second-order valence-electron chi connectivity index (χ2n) is 7.99. The Hall–Kier alpha value is -3.26. The first kappa shape index (κ1) is 27.3. The maximum Gasteiger partial charge on any atom is 0.232 e. The fourth-order valence-corrected chi connectivity index (χ4v) is 4.07. The van der Waals surface area contributed by atoms with Crippen LogP contribution in [0, 0.1) is 0 Å². The predicted molar refractivity (Wildman–Crippen MR) is 144 cm³/mol. The first-order chi connectivity index (χ1) is 16.8. The van der Waals surface area contributed by atoms with Gasteiger partial charge < -0.3 is 19.0 Å². The number of nitrogens with one attached hydrogen (secondary N) is 2. The van der Waals surface area contributed by atoms with Crippen molar-refractivity contribution in [2.24, 2.45) is 0 Å². The van der Waals surface area contributed by atoms with E-state index < -0.39 is 20.9 Å². The van der Waals surface area contributed by atoms with Gasteiger partial charge in [-0.25, -0.2) is 13.4 Å². The summed E-state index contributed by atoms with van der Waals surface area (Å²) in [6.07, 6.45) is 0.826. The SMILES string of the molecule is CCS(=O)(=O)Nc1ccc([NH2+]c2c3ccccc3nc3cc(NC(C)=O)ccc23)cc1.CS([O-])(O)O. The Morgan fingerprint density at radius 1 is 0.972 bits per heavy atom. The van der Waals surface area contributed by atoms with Gasteiger partial charge in [-0.2, -0.15) is 0 Å². The van der Waals surface area contributed by atoms with E-state index in [1.165, 1.54) is 6.92 Å². The maximum absolute atomic E-state index is 11.8. The molecule has 4 rings (SSSR count). The standard InChI is InChI=1S/C23H22N4O3S.CH6O3S/c1-3-31(29,30)27-17-10-8-16(9-11-17)25-23-19-6-4-5-7-21(19)26-22-14-18(24-15(2)28)12-13-20(22)23;1-5(2,3)4/h4-14,27H,3H2,1-2H3,(H,24,28)(H,25,26);2-4H,1H3. The summed E-state index contributed by atoms with van der Waals surface area (Å²) in [7, 11) is -6.73. The molecule has 1 heterocycles. The fraction of sp³-hybridized carbons (Fsp3) is 0.167. The van der Waals surface area contributed by atoms with E-state index in [1.807, 2.05) is 54.6 Å². The Kier molecular flexibility index (Phi) is 8.51. The molecule has 12 heteroatoms. The molecule has 1 aromatic heterocycles. The van der Waals surface area contributed by atoms with Crippen LogP contribution in [0.5, 0.6) is 0 Å². The Morgan fingerprint density at radius 2 is 1.56 bits per heavy atom. The minimum atomic E-state index is -3.42. The third kappa shape index (κ3) is 7.88. The number of benzene rings is 3. The van der Waals surface area contributed by atoms with Crippen LogP contribution in [-0.2, 0) is 14.8 Å². The topological polar surface area (TPSA) is 168 Å². The zero-order valence-electron chi connectivity index (χ0n) is 19.9. The normalized spacial score (nSPS) is 12.1. The second-order valence-corrected chi connectivity index (χ2v) is 11.5. The minimum absolute atomic E-state index is 0.0242. The third-order valence-corrected chi connectivity index (χ3v) is 6.23. The Morgan fingerprint density at radius 3 is 2.17 bits per heavy atom. The van der Waals surface area contributed by atoms with Gasteiger partial charge in [0, 0.05) is 30.4 Å². The van der Waals surface area contributed by atoms with Crippen LogP contribution >= 0.6 is 10.9 Å². The molecular formula is C24H28N4O6S2. The van der Waals surface area contributed by atoms with Crippen molar-refractivity contribution < 1.29 is 32.2 Å². The number of fused-ring (bicyclic) bond motifs is 2. The molecule has 4 aromatic rings. The number of carbonyl (C=O) groups is 1. The number of pyridine rings is 1. The van der Waals surface area contributed by atoms with Crippen molar-refractivity contribution in [2.45, 2.75) is 13.8 Å². The smallest absolute Gasteiger partial charge is 0.232 e. The second kappa shape index (κ2) is 11.2. The van der Waals surface area contributed by atoms with Gasteiger partial charge in [0.25, 0.3) is 0 Å². The average Bonchev–Trinajstić information content (AvgIpc) is 2.78. The number of sulfonamides is 1. The molecule has 0 aliphatic rings. The van der Waals surface area contributed by atoms with Crippen molar-refractivity contribution in [3.05, 3.63) is 66.7 Å².